The molecular weight excluding hydrogens is 188 g/mol. The van der Waals surface area contributed by atoms with Gasteiger partial charge in [0.05, 0.1) is 12.5 Å². The summed E-state index contributed by atoms with van der Waals surface area (Å²) >= 11 is 0. The first-order valence-electron chi connectivity index (χ1n) is 4.96. The Morgan fingerprint density at radius 3 is 2.47 bits per heavy atom. The molecule has 0 atom stereocenters. The molecule has 0 spiro atoms. The molecule has 0 aromatic heterocycles. The summed E-state index contributed by atoms with van der Waals surface area (Å²) in [5.41, 5.74) is 1.03. The molecule has 0 unspecified atom stereocenters. The molecule has 0 N–H and O–H groups in total. The highest BCUT2D eigenvalue weighted by Crippen LogP contribution is 2.12. The van der Waals surface area contributed by atoms with Crippen molar-refractivity contribution in [1.29, 1.82) is 5.26 Å². The summed E-state index contributed by atoms with van der Waals surface area (Å²) in [6, 6.07) is 9.77. The third-order valence-electron chi connectivity index (χ3n) is 2.01. The van der Waals surface area contributed by atoms with Gasteiger partial charge in [0, 0.05) is 6.54 Å². The molecule has 15 heavy (non-hydrogen) atoms. The standard InChI is InChI=1S/C12H16N2O/c1-14(2)9-10-15-12-5-3-11(4-6-12)7-8-13/h3-6H,7,9-10H2,1-2H3. The Bertz CT molecular complexity index is 324. The van der Waals surface area contributed by atoms with Crippen LogP contribution < -0.4 is 4.74 Å². The molecule has 0 fully saturated rings. The number of likely N-dealkylation sites (N-methyl/N-ethyl adjacent to an activating group) is 1. The van der Waals surface area contributed by atoms with Crippen molar-refractivity contribution in [3.8, 4) is 11.8 Å². The highest BCUT2D eigenvalue weighted by molar-refractivity contribution is 5.28. The number of hydrogen-bond donors (Lipinski definition) is 0. The van der Waals surface area contributed by atoms with Crippen LogP contribution in [0.25, 0.3) is 0 Å². The van der Waals surface area contributed by atoms with Crippen LogP contribution in [0.4, 0.5) is 0 Å². The van der Waals surface area contributed by atoms with E-state index in [2.05, 4.69) is 11.0 Å². The maximum absolute atomic E-state index is 8.50. The molecule has 0 aliphatic heterocycles. The predicted octanol–water partition coefficient (Wildman–Crippen LogP) is 1.69. The second kappa shape index (κ2) is 6.05. The normalized spacial score (nSPS) is 10.0. The highest BCUT2D eigenvalue weighted by Gasteiger charge is 1.95. The van der Waals surface area contributed by atoms with E-state index in [0.29, 0.717) is 13.0 Å². The Hall–Kier alpha value is -1.53. The van der Waals surface area contributed by atoms with E-state index in [1.54, 1.807) is 0 Å². The molecule has 80 valence electrons. The SMILES string of the molecule is CN(C)CCOc1ccc(CC#N)cc1. The number of nitriles is 1. The second-order valence-corrected chi connectivity index (χ2v) is 3.63. The lowest BCUT2D eigenvalue weighted by molar-refractivity contribution is 0.261. The Balaban J connectivity index is 2.40. The monoisotopic (exact) mass is 204 g/mol. The maximum atomic E-state index is 8.50. The molecule has 0 amide bonds. The molecule has 1 rings (SSSR count). The maximum Gasteiger partial charge on any atom is 0.119 e. The van der Waals surface area contributed by atoms with Crippen molar-refractivity contribution >= 4 is 0 Å². The summed E-state index contributed by atoms with van der Waals surface area (Å²) < 4.78 is 5.53. The molecule has 1 aromatic carbocycles. The van der Waals surface area contributed by atoms with Gasteiger partial charge < -0.3 is 9.64 Å². The van der Waals surface area contributed by atoms with Gasteiger partial charge in [-0.05, 0) is 31.8 Å². The zero-order valence-corrected chi connectivity index (χ0v) is 9.23. The van der Waals surface area contributed by atoms with Crippen LogP contribution in [0.2, 0.25) is 0 Å². The summed E-state index contributed by atoms with van der Waals surface area (Å²) in [4.78, 5) is 2.07. The summed E-state index contributed by atoms with van der Waals surface area (Å²) in [5.74, 6) is 0.860. The van der Waals surface area contributed by atoms with Crippen molar-refractivity contribution < 1.29 is 4.74 Å². The van der Waals surface area contributed by atoms with Gasteiger partial charge in [-0.25, -0.2) is 0 Å². The van der Waals surface area contributed by atoms with Gasteiger partial charge in [0.2, 0.25) is 0 Å². The topological polar surface area (TPSA) is 36.3 Å². The minimum absolute atomic E-state index is 0.456. The van der Waals surface area contributed by atoms with E-state index < -0.39 is 0 Å². The van der Waals surface area contributed by atoms with Gasteiger partial charge in [0.25, 0.3) is 0 Å². The van der Waals surface area contributed by atoms with Crippen molar-refractivity contribution in [2.24, 2.45) is 0 Å². The Morgan fingerprint density at radius 1 is 1.27 bits per heavy atom. The lowest BCUT2D eigenvalue weighted by atomic mass is 10.2. The first kappa shape index (κ1) is 11.5. The molecule has 0 heterocycles. The molecule has 0 saturated carbocycles. The van der Waals surface area contributed by atoms with Crippen LogP contribution >= 0.6 is 0 Å². The third kappa shape index (κ3) is 4.48. The van der Waals surface area contributed by atoms with Crippen LogP contribution in [-0.2, 0) is 6.42 Å². The Morgan fingerprint density at radius 2 is 1.93 bits per heavy atom. The molecule has 0 aliphatic carbocycles. The fourth-order valence-corrected chi connectivity index (χ4v) is 1.14. The van der Waals surface area contributed by atoms with Crippen LogP contribution in [0.1, 0.15) is 5.56 Å². The Labute approximate surface area is 90.9 Å². The van der Waals surface area contributed by atoms with Crippen molar-refractivity contribution in [1.82, 2.24) is 4.90 Å². The quantitative estimate of drug-likeness (QED) is 0.732. The predicted molar refractivity (Wildman–Crippen MR) is 59.8 cm³/mol. The van der Waals surface area contributed by atoms with E-state index in [9.17, 15) is 0 Å². The fourth-order valence-electron chi connectivity index (χ4n) is 1.14. The van der Waals surface area contributed by atoms with Crippen LogP contribution in [0.15, 0.2) is 24.3 Å². The minimum Gasteiger partial charge on any atom is -0.492 e. The molecular formula is C12H16N2O. The van der Waals surface area contributed by atoms with Gasteiger partial charge in [-0.15, -0.1) is 0 Å². The van der Waals surface area contributed by atoms with E-state index in [0.717, 1.165) is 17.9 Å². The number of rotatable bonds is 5. The lowest BCUT2D eigenvalue weighted by Gasteiger charge is -2.10. The van der Waals surface area contributed by atoms with Crippen molar-refractivity contribution in [2.45, 2.75) is 6.42 Å². The smallest absolute Gasteiger partial charge is 0.119 e. The second-order valence-electron chi connectivity index (χ2n) is 3.63. The zero-order chi connectivity index (χ0) is 11.1. The summed E-state index contributed by atoms with van der Waals surface area (Å²) in [5, 5.41) is 8.50. The van der Waals surface area contributed by atoms with Crippen LogP contribution in [0.5, 0.6) is 5.75 Å². The van der Waals surface area contributed by atoms with Gasteiger partial charge >= 0.3 is 0 Å². The molecule has 0 saturated heterocycles. The van der Waals surface area contributed by atoms with E-state index in [1.165, 1.54) is 0 Å². The van der Waals surface area contributed by atoms with Crippen LogP contribution in [-0.4, -0.2) is 32.1 Å². The lowest BCUT2D eigenvalue weighted by Crippen LogP contribution is -2.19. The van der Waals surface area contributed by atoms with E-state index in [1.807, 2.05) is 38.4 Å². The number of benzene rings is 1. The molecule has 0 aliphatic rings. The van der Waals surface area contributed by atoms with Crippen molar-refractivity contribution in [3.05, 3.63) is 29.8 Å². The molecule has 0 radical (unpaired) electrons. The van der Waals surface area contributed by atoms with Gasteiger partial charge in [0.15, 0.2) is 0 Å². The summed E-state index contributed by atoms with van der Waals surface area (Å²) in [6.45, 7) is 1.59. The first-order valence-corrected chi connectivity index (χ1v) is 4.96. The average molecular weight is 204 g/mol. The number of nitrogens with zero attached hydrogens (tertiary/aromatic N) is 2. The number of ether oxygens (including phenoxy) is 1. The van der Waals surface area contributed by atoms with Crippen LogP contribution in [0, 0.1) is 11.3 Å². The van der Waals surface area contributed by atoms with Gasteiger partial charge in [-0.1, -0.05) is 12.1 Å². The fraction of sp³-hybridized carbons (Fsp3) is 0.417. The highest BCUT2D eigenvalue weighted by atomic mass is 16.5. The van der Waals surface area contributed by atoms with E-state index >= 15 is 0 Å². The zero-order valence-electron chi connectivity index (χ0n) is 9.23. The van der Waals surface area contributed by atoms with Crippen molar-refractivity contribution in [3.63, 3.8) is 0 Å². The number of hydrogen-bond acceptors (Lipinski definition) is 3. The minimum atomic E-state index is 0.456. The van der Waals surface area contributed by atoms with Gasteiger partial charge in [-0.2, -0.15) is 5.26 Å². The molecule has 3 nitrogen and oxygen atoms in total. The van der Waals surface area contributed by atoms with Crippen LogP contribution in [0.3, 0.4) is 0 Å². The largest absolute Gasteiger partial charge is 0.492 e. The molecule has 3 heteroatoms. The summed E-state index contributed by atoms with van der Waals surface area (Å²) in [7, 11) is 4.03. The van der Waals surface area contributed by atoms with E-state index in [-0.39, 0.29) is 0 Å². The summed E-state index contributed by atoms with van der Waals surface area (Å²) in [6.07, 6.45) is 0.456. The third-order valence-corrected chi connectivity index (χ3v) is 2.01. The van der Waals surface area contributed by atoms with E-state index in [4.69, 9.17) is 10.00 Å². The van der Waals surface area contributed by atoms with Gasteiger partial charge in [-0.3, -0.25) is 0 Å². The average Bonchev–Trinajstić information content (AvgIpc) is 2.20. The molecule has 1 aromatic rings. The van der Waals surface area contributed by atoms with Crippen molar-refractivity contribution in [2.75, 3.05) is 27.2 Å². The van der Waals surface area contributed by atoms with Gasteiger partial charge in [0.1, 0.15) is 12.4 Å². The first-order chi connectivity index (χ1) is 7.22. The Kier molecular flexibility index (Phi) is 4.65. The molecule has 0 bridgehead atoms.